The van der Waals surface area contributed by atoms with E-state index in [1.807, 2.05) is 0 Å². The van der Waals surface area contributed by atoms with E-state index < -0.39 is 0 Å². The first kappa shape index (κ1) is 26.9. The lowest BCUT2D eigenvalue weighted by molar-refractivity contribution is 0.791. The summed E-state index contributed by atoms with van der Waals surface area (Å²) in [7, 11) is 0. The van der Waals surface area contributed by atoms with Gasteiger partial charge in [-0.2, -0.15) is 0 Å². The van der Waals surface area contributed by atoms with Gasteiger partial charge in [0.1, 0.15) is 0 Å². The van der Waals surface area contributed by atoms with Crippen LogP contribution in [0.2, 0.25) is 0 Å². The first-order valence-corrected chi connectivity index (χ1v) is 15.6. The highest BCUT2D eigenvalue weighted by Crippen LogP contribution is 2.37. The van der Waals surface area contributed by atoms with Gasteiger partial charge in [-0.1, -0.05) is 12.1 Å². The lowest BCUT2D eigenvalue weighted by Crippen LogP contribution is -2.01. The topological polar surface area (TPSA) is 57.4 Å². The second kappa shape index (κ2) is 9.83. The van der Waals surface area contributed by atoms with E-state index in [0.717, 1.165) is 61.3 Å². The maximum atomic E-state index is 5.27. The molecule has 7 rings (SSSR count). The molecule has 0 unspecified atom stereocenters. The summed E-state index contributed by atoms with van der Waals surface area (Å²) in [6.07, 6.45) is 6.56. The summed E-state index contributed by atoms with van der Waals surface area (Å²) in [5.41, 5.74) is 25.2. The molecule has 42 heavy (non-hydrogen) atoms. The first-order chi connectivity index (χ1) is 20.1. The maximum absolute atomic E-state index is 5.27. The molecule has 0 saturated carbocycles. The van der Waals surface area contributed by atoms with Crippen molar-refractivity contribution in [2.24, 2.45) is 0 Å². The molecule has 0 spiro atoms. The van der Waals surface area contributed by atoms with E-state index in [2.05, 4.69) is 89.6 Å². The van der Waals surface area contributed by atoms with Crippen LogP contribution < -0.4 is 0 Å². The van der Waals surface area contributed by atoms with Crippen molar-refractivity contribution in [2.75, 3.05) is 0 Å². The molecule has 12 bridgehead atoms. The van der Waals surface area contributed by atoms with Crippen LogP contribution in [0.5, 0.6) is 0 Å². The quantitative estimate of drug-likeness (QED) is 0.291. The monoisotopic (exact) mass is 554 g/mol. The number of nitrogens with one attached hydrogen (secondary N) is 2. The zero-order valence-electron chi connectivity index (χ0n) is 26.4. The summed E-state index contributed by atoms with van der Waals surface area (Å²) in [6.45, 7) is 17.9. The SMILES string of the molecule is CC1=C(C)c2nc1cc1[nH]c(c3cc(c4nc(cc5[nH]c(c6cc2CCC6)c(C)c5C)C(C)=C4C)CCC3)c(C)c1C. The fourth-order valence-corrected chi connectivity index (χ4v) is 7.27. The van der Waals surface area contributed by atoms with Crippen molar-refractivity contribution in [1.29, 1.82) is 0 Å². The van der Waals surface area contributed by atoms with Crippen LogP contribution in [-0.2, 0) is 25.7 Å². The minimum Gasteiger partial charge on any atom is -0.355 e. The van der Waals surface area contributed by atoms with Gasteiger partial charge in [0.2, 0.25) is 0 Å². The normalized spacial score (nSPS) is 15.8. The highest BCUT2D eigenvalue weighted by atomic mass is 14.8. The Hall–Kier alpha value is -3.92. The Morgan fingerprint density at radius 1 is 0.452 bits per heavy atom. The van der Waals surface area contributed by atoms with E-state index in [4.69, 9.17) is 9.97 Å². The molecule has 0 fully saturated rings. The highest BCUT2D eigenvalue weighted by molar-refractivity contribution is 5.93. The third kappa shape index (κ3) is 4.10. The number of aromatic amines is 2. The molecule has 2 aliphatic carbocycles. The van der Waals surface area contributed by atoms with Crippen LogP contribution in [0.3, 0.4) is 0 Å². The summed E-state index contributed by atoms with van der Waals surface area (Å²) < 4.78 is 0. The van der Waals surface area contributed by atoms with Crippen molar-refractivity contribution in [3.63, 3.8) is 0 Å². The smallest absolute Gasteiger partial charge is 0.0701 e. The van der Waals surface area contributed by atoms with Crippen molar-refractivity contribution in [3.8, 4) is 0 Å². The molecule has 4 aliphatic rings. The minimum absolute atomic E-state index is 1.06. The molecule has 0 amide bonds. The molecule has 214 valence electrons. The van der Waals surface area contributed by atoms with Crippen molar-refractivity contribution in [3.05, 3.63) is 91.5 Å². The third-order valence-corrected chi connectivity index (χ3v) is 10.6. The van der Waals surface area contributed by atoms with Crippen molar-refractivity contribution in [2.45, 2.75) is 93.9 Å². The van der Waals surface area contributed by atoms with Crippen LogP contribution in [0.1, 0.15) is 108 Å². The van der Waals surface area contributed by atoms with Crippen LogP contribution in [0, 0.1) is 27.7 Å². The summed E-state index contributed by atoms with van der Waals surface area (Å²) in [5, 5.41) is 0. The van der Waals surface area contributed by atoms with Crippen LogP contribution in [0.15, 0.2) is 24.3 Å². The van der Waals surface area contributed by atoms with E-state index in [1.54, 1.807) is 0 Å². The average molecular weight is 555 g/mol. The van der Waals surface area contributed by atoms with Crippen molar-refractivity contribution in [1.82, 2.24) is 19.9 Å². The molecule has 2 aliphatic heterocycles. The number of aromatic nitrogens is 4. The zero-order chi connectivity index (χ0) is 29.4. The van der Waals surface area contributed by atoms with Gasteiger partial charge >= 0.3 is 0 Å². The summed E-state index contributed by atoms with van der Waals surface area (Å²) in [6, 6.07) is 9.39. The van der Waals surface area contributed by atoms with E-state index in [1.165, 1.54) is 88.9 Å². The predicted octanol–water partition coefficient (Wildman–Crippen LogP) is 9.55. The van der Waals surface area contributed by atoms with Crippen LogP contribution in [-0.4, -0.2) is 19.9 Å². The number of hydrogen-bond acceptors (Lipinski definition) is 2. The van der Waals surface area contributed by atoms with Gasteiger partial charge in [0.15, 0.2) is 0 Å². The number of aryl methyl sites for hydroxylation is 8. The second-order valence-electron chi connectivity index (χ2n) is 12.9. The Bertz CT molecular complexity index is 1860. The number of fused-ring (bicyclic) bond motifs is 16. The Morgan fingerprint density at radius 2 is 0.833 bits per heavy atom. The fraction of sp³-hybridized carbons (Fsp3) is 0.368. The predicted molar refractivity (Wildman–Crippen MR) is 178 cm³/mol. The molecule has 4 heteroatoms. The van der Waals surface area contributed by atoms with E-state index in [-0.39, 0.29) is 0 Å². The van der Waals surface area contributed by atoms with E-state index >= 15 is 0 Å². The van der Waals surface area contributed by atoms with Crippen molar-refractivity contribution < 1.29 is 0 Å². The zero-order valence-corrected chi connectivity index (χ0v) is 26.4. The van der Waals surface area contributed by atoms with E-state index in [0.29, 0.717) is 0 Å². The van der Waals surface area contributed by atoms with Gasteiger partial charge in [0.05, 0.1) is 22.8 Å². The number of rotatable bonds is 0. The lowest BCUT2D eigenvalue weighted by atomic mass is 9.93. The average Bonchev–Trinajstić information content (AvgIpc) is 3.64. The molecule has 0 radical (unpaired) electrons. The van der Waals surface area contributed by atoms with Crippen LogP contribution in [0.4, 0.5) is 0 Å². The van der Waals surface area contributed by atoms with Crippen LogP contribution >= 0.6 is 0 Å². The minimum atomic E-state index is 1.06. The Morgan fingerprint density at radius 3 is 1.24 bits per heavy atom. The molecule has 2 N–H and O–H groups in total. The Kier molecular flexibility index (Phi) is 6.31. The molecule has 5 heterocycles. The molecule has 3 aromatic rings. The molecule has 0 saturated heterocycles. The standard InChI is InChI=1S/C38H42N4/c1-19-23(5)35-27-11-9-12-28(15-27)37-25(7)21(3)33(41-37)18-34-22(4)26(8)38(42-34)30-14-10-13-29(16-30)36-24(6)20(2)32(40-36)17-31(19)39-35/h15-18,39,42H,9-14H2,1-8H3. The lowest BCUT2D eigenvalue weighted by Gasteiger charge is -2.12. The number of hydrogen-bond donors (Lipinski definition) is 2. The van der Waals surface area contributed by atoms with E-state index in [9.17, 15) is 0 Å². The highest BCUT2D eigenvalue weighted by Gasteiger charge is 2.21. The van der Waals surface area contributed by atoms with Gasteiger partial charge in [-0.15, -0.1) is 0 Å². The fourth-order valence-electron chi connectivity index (χ4n) is 7.27. The van der Waals surface area contributed by atoms with Crippen molar-refractivity contribution >= 4 is 44.4 Å². The van der Waals surface area contributed by atoms with Gasteiger partial charge in [0.25, 0.3) is 0 Å². The molecular weight excluding hydrogens is 512 g/mol. The Balaban J connectivity index is 1.65. The Labute approximate surface area is 249 Å². The van der Waals surface area contributed by atoms with Crippen LogP contribution in [0.25, 0.3) is 44.4 Å². The van der Waals surface area contributed by atoms with Gasteiger partial charge in [-0.3, -0.25) is 0 Å². The molecule has 0 atom stereocenters. The summed E-state index contributed by atoms with van der Waals surface area (Å²) in [4.78, 5) is 18.2. The number of allylic oxidation sites excluding steroid dienone is 4. The third-order valence-electron chi connectivity index (χ3n) is 10.6. The van der Waals surface area contributed by atoms with Gasteiger partial charge < -0.3 is 9.97 Å². The van der Waals surface area contributed by atoms with Gasteiger partial charge in [0, 0.05) is 22.1 Å². The first-order valence-electron chi connectivity index (χ1n) is 15.6. The largest absolute Gasteiger partial charge is 0.355 e. The van der Waals surface area contributed by atoms with Gasteiger partial charge in [-0.05, 0) is 173 Å². The summed E-state index contributed by atoms with van der Waals surface area (Å²) in [5.74, 6) is 0. The summed E-state index contributed by atoms with van der Waals surface area (Å²) >= 11 is 0. The number of nitrogens with zero attached hydrogens (tertiary/aromatic N) is 2. The molecule has 4 nitrogen and oxygen atoms in total. The second-order valence-corrected chi connectivity index (χ2v) is 12.9. The number of H-pyrrole nitrogens is 2. The maximum Gasteiger partial charge on any atom is 0.0701 e. The molecule has 3 aromatic heterocycles. The molecular formula is C38H42N4. The van der Waals surface area contributed by atoms with Gasteiger partial charge in [-0.25, -0.2) is 9.97 Å². The molecule has 0 aromatic carbocycles.